The van der Waals surface area contributed by atoms with Gasteiger partial charge in [-0.15, -0.1) is 0 Å². The lowest BCUT2D eigenvalue weighted by Gasteiger charge is -2.04. The molecule has 0 unspecified atom stereocenters. The zero-order chi connectivity index (χ0) is 17.1. The Morgan fingerprint density at radius 2 is 1.75 bits per heavy atom. The van der Waals surface area contributed by atoms with Gasteiger partial charge in [-0.05, 0) is 18.6 Å². The Hall–Kier alpha value is -2.72. The second-order valence-electron chi connectivity index (χ2n) is 5.16. The first-order valence-electron chi connectivity index (χ1n) is 7.55. The summed E-state index contributed by atoms with van der Waals surface area (Å²) in [5.41, 5.74) is 2.39. The summed E-state index contributed by atoms with van der Waals surface area (Å²) in [4.78, 5) is 15.5. The number of nitrogens with one attached hydrogen (secondary N) is 1. The van der Waals surface area contributed by atoms with Crippen LogP contribution in [0.3, 0.4) is 0 Å². The van der Waals surface area contributed by atoms with Crippen molar-refractivity contribution >= 4 is 17.6 Å². The monoisotopic (exact) mass is 341 g/mol. The number of aromatic amines is 1. The van der Waals surface area contributed by atoms with Crippen molar-refractivity contribution in [2.24, 2.45) is 0 Å². The molecule has 1 heterocycles. The summed E-state index contributed by atoms with van der Waals surface area (Å²) >= 11 is 6.23. The van der Waals surface area contributed by atoms with Crippen molar-refractivity contribution in [1.29, 1.82) is 0 Å². The maximum absolute atomic E-state index is 12.4. The lowest BCUT2D eigenvalue weighted by molar-refractivity contribution is 0.0524. The highest BCUT2D eigenvalue weighted by Crippen LogP contribution is 2.41. The van der Waals surface area contributed by atoms with Crippen molar-refractivity contribution in [1.82, 2.24) is 4.98 Å². The summed E-state index contributed by atoms with van der Waals surface area (Å²) in [5.74, 6) is -0.746. The van der Waals surface area contributed by atoms with Crippen molar-refractivity contribution in [3.8, 4) is 28.3 Å². The van der Waals surface area contributed by atoms with Crippen LogP contribution in [0.15, 0.2) is 54.6 Å². The van der Waals surface area contributed by atoms with Gasteiger partial charge in [0, 0.05) is 5.56 Å². The van der Waals surface area contributed by atoms with Crippen LogP contribution in [0.2, 0.25) is 5.02 Å². The van der Waals surface area contributed by atoms with Crippen LogP contribution in [0, 0.1) is 0 Å². The summed E-state index contributed by atoms with van der Waals surface area (Å²) < 4.78 is 5.10. The minimum atomic E-state index is -0.580. The molecule has 24 heavy (non-hydrogen) atoms. The van der Waals surface area contributed by atoms with Gasteiger partial charge in [-0.2, -0.15) is 0 Å². The van der Waals surface area contributed by atoms with Crippen LogP contribution < -0.4 is 0 Å². The molecule has 0 aliphatic heterocycles. The van der Waals surface area contributed by atoms with E-state index in [0.717, 1.165) is 5.56 Å². The number of aromatic hydroxyl groups is 1. The molecule has 0 spiro atoms. The van der Waals surface area contributed by atoms with E-state index in [1.807, 2.05) is 36.4 Å². The zero-order valence-electron chi connectivity index (χ0n) is 13.0. The third-order valence-corrected chi connectivity index (χ3v) is 3.99. The Morgan fingerprint density at radius 3 is 2.42 bits per heavy atom. The van der Waals surface area contributed by atoms with Crippen LogP contribution in [0.1, 0.15) is 17.3 Å². The molecule has 5 heteroatoms. The van der Waals surface area contributed by atoms with Gasteiger partial charge in [0.05, 0.1) is 23.0 Å². The molecule has 0 bridgehead atoms. The lowest BCUT2D eigenvalue weighted by Crippen LogP contribution is -2.05. The van der Waals surface area contributed by atoms with Gasteiger partial charge >= 0.3 is 5.97 Å². The first-order valence-corrected chi connectivity index (χ1v) is 7.93. The molecule has 122 valence electrons. The highest BCUT2D eigenvalue weighted by atomic mass is 35.5. The van der Waals surface area contributed by atoms with Gasteiger partial charge in [0.1, 0.15) is 5.56 Å². The van der Waals surface area contributed by atoms with Gasteiger partial charge in [0.2, 0.25) is 0 Å². The Morgan fingerprint density at radius 1 is 1.08 bits per heavy atom. The normalized spacial score (nSPS) is 10.6. The number of H-pyrrole nitrogens is 1. The van der Waals surface area contributed by atoms with Crippen LogP contribution in [-0.2, 0) is 4.74 Å². The van der Waals surface area contributed by atoms with Crippen molar-refractivity contribution in [3.05, 3.63) is 65.2 Å². The molecule has 1 aromatic heterocycles. The molecule has 0 saturated carbocycles. The molecule has 0 fully saturated rings. The topological polar surface area (TPSA) is 62.3 Å². The smallest absolute Gasteiger partial charge is 0.344 e. The molecule has 0 atom stereocenters. The van der Waals surface area contributed by atoms with Crippen molar-refractivity contribution in [2.45, 2.75) is 6.92 Å². The van der Waals surface area contributed by atoms with Gasteiger partial charge < -0.3 is 14.8 Å². The molecule has 0 saturated heterocycles. The van der Waals surface area contributed by atoms with E-state index in [1.54, 1.807) is 25.1 Å². The molecule has 2 aromatic carbocycles. The SMILES string of the molecule is CCOC(=O)c1c(-c2ccccc2)[nH]c(-c2ccccc2Cl)c1O. The Balaban J connectivity index is 2.23. The number of halogens is 1. The predicted molar refractivity (Wildman–Crippen MR) is 94.3 cm³/mol. The highest BCUT2D eigenvalue weighted by molar-refractivity contribution is 6.33. The van der Waals surface area contributed by atoms with Crippen molar-refractivity contribution < 1.29 is 14.6 Å². The maximum Gasteiger partial charge on any atom is 0.344 e. The quantitative estimate of drug-likeness (QED) is 0.664. The molecule has 0 radical (unpaired) electrons. The van der Waals surface area contributed by atoms with E-state index >= 15 is 0 Å². The fraction of sp³-hybridized carbons (Fsp3) is 0.105. The number of hydrogen-bond acceptors (Lipinski definition) is 3. The van der Waals surface area contributed by atoms with Gasteiger partial charge in [-0.25, -0.2) is 4.79 Å². The minimum Gasteiger partial charge on any atom is -0.505 e. The summed E-state index contributed by atoms with van der Waals surface area (Å²) in [6.07, 6.45) is 0. The average Bonchev–Trinajstić information content (AvgIpc) is 2.94. The Bertz CT molecular complexity index is 872. The standard InChI is InChI=1S/C19H16ClNO3/c1-2-24-19(23)15-16(12-8-4-3-5-9-12)21-17(18(15)22)13-10-6-7-11-14(13)20/h3-11,21-22H,2H2,1H3. The second-order valence-corrected chi connectivity index (χ2v) is 5.57. The van der Waals surface area contributed by atoms with Crippen LogP contribution >= 0.6 is 11.6 Å². The lowest BCUT2D eigenvalue weighted by atomic mass is 10.1. The fourth-order valence-electron chi connectivity index (χ4n) is 2.57. The minimum absolute atomic E-state index is 0.109. The number of ether oxygens (including phenoxy) is 1. The van der Waals surface area contributed by atoms with E-state index in [4.69, 9.17) is 16.3 Å². The number of esters is 1. The number of benzene rings is 2. The van der Waals surface area contributed by atoms with Crippen LogP contribution in [0.25, 0.3) is 22.5 Å². The average molecular weight is 342 g/mol. The van der Waals surface area contributed by atoms with Gasteiger partial charge in [-0.3, -0.25) is 0 Å². The molecule has 2 N–H and O–H groups in total. The van der Waals surface area contributed by atoms with Crippen LogP contribution in [0.5, 0.6) is 5.75 Å². The van der Waals surface area contributed by atoms with Crippen molar-refractivity contribution in [2.75, 3.05) is 6.61 Å². The zero-order valence-corrected chi connectivity index (χ0v) is 13.8. The Kier molecular flexibility index (Phi) is 4.58. The number of hydrogen-bond donors (Lipinski definition) is 2. The van der Waals surface area contributed by atoms with E-state index in [9.17, 15) is 9.90 Å². The second kappa shape index (κ2) is 6.81. The molecular weight excluding hydrogens is 326 g/mol. The van der Waals surface area contributed by atoms with Crippen LogP contribution in [-0.4, -0.2) is 22.7 Å². The first kappa shape index (κ1) is 16.1. The largest absolute Gasteiger partial charge is 0.505 e. The van der Waals surface area contributed by atoms with Crippen LogP contribution in [0.4, 0.5) is 0 Å². The van der Waals surface area contributed by atoms with Gasteiger partial charge in [0.25, 0.3) is 0 Å². The summed E-state index contributed by atoms with van der Waals surface area (Å²) in [6, 6.07) is 16.4. The van der Waals surface area contributed by atoms with E-state index in [1.165, 1.54) is 0 Å². The number of rotatable bonds is 4. The number of carbonyl (C=O) groups excluding carboxylic acids is 1. The predicted octanol–water partition coefficient (Wildman–Crippen LogP) is 4.88. The molecule has 0 amide bonds. The molecule has 0 aliphatic carbocycles. The van der Waals surface area contributed by atoms with Gasteiger partial charge in [0.15, 0.2) is 5.75 Å². The summed E-state index contributed by atoms with van der Waals surface area (Å²) in [7, 11) is 0. The molecule has 3 rings (SSSR count). The molecule has 3 aromatic rings. The molecular formula is C19H16ClNO3. The number of carbonyl (C=O) groups is 1. The van der Waals surface area contributed by atoms with Crippen molar-refractivity contribution in [3.63, 3.8) is 0 Å². The number of aromatic nitrogens is 1. The first-order chi connectivity index (χ1) is 11.6. The van der Waals surface area contributed by atoms with E-state index in [2.05, 4.69) is 4.98 Å². The molecule has 4 nitrogen and oxygen atoms in total. The van der Waals surface area contributed by atoms with E-state index < -0.39 is 5.97 Å². The Labute approximate surface area is 144 Å². The summed E-state index contributed by atoms with van der Waals surface area (Å²) in [6.45, 7) is 1.94. The third kappa shape index (κ3) is 2.88. The van der Waals surface area contributed by atoms with E-state index in [-0.39, 0.29) is 17.9 Å². The van der Waals surface area contributed by atoms with Gasteiger partial charge in [-0.1, -0.05) is 60.1 Å². The third-order valence-electron chi connectivity index (χ3n) is 3.66. The molecule has 0 aliphatic rings. The maximum atomic E-state index is 12.4. The highest BCUT2D eigenvalue weighted by Gasteiger charge is 2.26. The summed E-state index contributed by atoms with van der Waals surface area (Å²) in [5, 5.41) is 11.1. The van der Waals surface area contributed by atoms with E-state index in [0.29, 0.717) is 22.0 Å². The fourth-order valence-corrected chi connectivity index (χ4v) is 2.80.